The summed E-state index contributed by atoms with van der Waals surface area (Å²) < 4.78 is 12.1. The molecule has 1 atom stereocenters. The average Bonchev–Trinajstić information content (AvgIpc) is 2.03. The van der Waals surface area contributed by atoms with E-state index < -0.39 is 0 Å². The molecule has 1 heteroatoms. The van der Waals surface area contributed by atoms with Gasteiger partial charge in [0.1, 0.15) is 0 Å². The third-order valence-corrected chi connectivity index (χ3v) is 1.70. The standard InChI is InChI=1S/C10H12F/c1-8-4-3-5-10(6-8)9(2)7-11/h3-6,9H,2,7H2,1H3. The van der Waals surface area contributed by atoms with Crippen molar-refractivity contribution in [3.63, 3.8) is 0 Å². The van der Waals surface area contributed by atoms with Crippen molar-refractivity contribution >= 4 is 0 Å². The lowest BCUT2D eigenvalue weighted by molar-refractivity contribution is 0.465. The van der Waals surface area contributed by atoms with E-state index in [1.165, 1.54) is 0 Å². The van der Waals surface area contributed by atoms with E-state index in [1.54, 1.807) is 0 Å². The normalized spacial score (nSPS) is 13.0. The van der Waals surface area contributed by atoms with Crippen molar-refractivity contribution in [2.45, 2.75) is 12.8 Å². The fraction of sp³-hybridized carbons (Fsp3) is 0.300. The van der Waals surface area contributed by atoms with Crippen LogP contribution < -0.4 is 0 Å². The fourth-order valence-electron chi connectivity index (χ4n) is 1.01. The van der Waals surface area contributed by atoms with E-state index in [2.05, 4.69) is 6.92 Å². The van der Waals surface area contributed by atoms with E-state index in [4.69, 9.17) is 0 Å². The highest BCUT2D eigenvalue weighted by molar-refractivity contribution is 5.26. The molecule has 0 nitrogen and oxygen atoms in total. The number of rotatable bonds is 2. The van der Waals surface area contributed by atoms with Crippen LogP contribution in [0.5, 0.6) is 0 Å². The Labute approximate surface area is 67.1 Å². The highest BCUT2D eigenvalue weighted by atomic mass is 19.1. The molecule has 0 bridgehead atoms. The summed E-state index contributed by atoms with van der Waals surface area (Å²) in [5.74, 6) is -0.213. The Kier molecular flexibility index (Phi) is 2.64. The summed E-state index contributed by atoms with van der Waals surface area (Å²) in [6.45, 7) is 5.30. The Balaban J connectivity index is 2.86. The molecule has 11 heavy (non-hydrogen) atoms. The lowest BCUT2D eigenvalue weighted by Gasteiger charge is -2.06. The number of benzene rings is 1. The molecule has 0 spiro atoms. The van der Waals surface area contributed by atoms with Gasteiger partial charge in [-0.25, -0.2) is 0 Å². The van der Waals surface area contributed by atoms with Gasteiger partial charge in [-0.15, -0.1) is 0 Å². The average molecular weight is 151 g/mol. The smallest absolute Gasteiger partial charge is 0.0962 e. The van der Waals surface area contributed by atoms with Crippen LogP contribution in [0, 0.1) is 13.8 Å². The highest BCUT2D eigenvalue weighted by Crippen LogP contribution is 2.15. The first-order valence-corrected chi connectivity index (χ1v) is 3.69. The summed E-state index contributed by atoms with van der Waals surface area (Å²) >= 11 is 0. The van der Waals surface area contributed by atoms with Gasteiger partial charge in [-0.1, -0.05) is 29.8 Å². The van der Waals surface area contributed by atoms with E-state index in [0.717, 1.165) is 11.1 Å². The van der Waals surface area contributed by atoms with Crippen molar-refractivity contribution in [2.24, 2.45) is 0 Å². The molecule has 0 aliphatic carbocycles. The van der Waals surface area contributed by atoms with Crippen LogP contribution in [0.2, 0.25) is 0 Å². The van der Waals surface area contributed by atoms with E-state index in [0.29, 0.717) is 0 Å². The van der Waals surface area contributed by atoms with Gasteiger partial charge in [0.25, 0.3) is 0 Å². The minimum atomic E-state index is -0.385. The highest BCUT2D eigenvalue weighted by Gasteiger charge is 2.03. The molecular formula is C10H12F. The Morgan fingerprint density at radius 3 is 2.82 bits per heavy atom. The first-order valence-electron chi connectivity index (χ1n) is 3.69. The number of hydrogen-bond acceptors (Lipinski definition) is 0. The lowest BCUT2D eigenvalue weighted by atomic mass is 10.0. The van der Waals surface area contributed by atoms with Crippen LogP contribution in [0.3, 0.4) is 0 Å². The molecule has 1 radical (unpaired) electrons. The maximum atomic E-state index is 12.1. The van der Waals surface area contributed by atoms with Gasteiger partial charge in [-0.3, -0.25) is 4.39 Å². The van der Waals surface area contributed by atoms with Crippen LogP contribution >= 0.6 is 0 Å². The van der Waals surface area contributed by atoms with Crippen LogP contribution in [-0.2, 0) is 0 Å². The summed E-state index contributed by atoms with van der Waals surface area (Å²) in [4.78, 5) is 0. The summed E-state index contributed by atoms with van der Waals surface area (Å²) in [6.07, 6.45) is 0. The van der Waals surface area contributed by atoms with Gasteiger partial charge >= 0.3 is 0 Å². The molecule has 0 aromatic heterocycles. The molecule has 1 aromatic carbocycles. The Bertz CT molecular complexity index is 230. The number of halogens is 1. The van der Waals surface area contributed by atoms with Crippen LogP contribution in [0.15, 0.2) is 24.3 Å². The van der Waals surface area contributed by atoms with Crippen LogP contribution in [0.25, 0.3) is 0 Å². The minimum absolute atomic E-state index is 0.213. The molecule has 0 aliphatic rings. The largest absolute Gasteiger partial charge is 0.250 e. The SMILES string of the molecule is [CH2]C(CF)c1cccc(C)c1. The van der Waals surface area contributed by atoms with E-state index in [-0.39, 0.29) is 12.6 Å². The summed E-state index contributed by atoms with van der Waals surface area (Å²) in [6, 6.07) is 7.80. The first-order chi connectivity index (χ1) is 5.24. The molecule has 59 valence electrons. The molecule has 0 heterocycles. The predicted molar refractivity (Wildman–Crippen MR) is 45.3 cm³/mol. The van der Waals surface area contributed by atoms with Crippen LogP contribution in [-0.4, -0.2) is 6.67 Å². The zero-order valence-corrected chi connectivity index (χ0v) is 6.68. The molecule has 1 unspecified atom stereocenters. The van der Waals surface area contributed by atoms with E-state index >= 15 is 0 Å². The first kappa shape index (κ1) is 8.25. The summed E-state index contributed by atoms with van der Waals surface area (Å²) in [5, 5.41) is 0. The van der Waals surface area contributed by atoms with Crippen LogP contribution in [0.1, 0.15) is 17.0 Å². The van der Waals surface area contributed by atoms with Gasteiger partial charge in [-0.2, -0.15) is 0 Å². The zero-order valence-electron chi connectivity index (χ0n) is 6.68. The molecule has 0 aliphatic heterocycles. The third kappa shape index (κ3) is 2.04. The van der Waals surface area contributed by atoms with E-state index in [9.17, 15) is 4.39 Å². The van der Waals surface area contributed by atoms with Gasteiger partial charge in [0.2, 0.25) is 0 Å². The quantitative estimate of drug-likeness (QED) is 0.609. The minimum Gasteiger partial charge on any atom is -0.250 e. The molecule has 0 saturated carbocycles. The fourth-order valence-corrected chi connectivity index (χ4v) is 1.01. The monoisotopic (exact) mass is 151 g/mol. The Hall–Kier alpha value is -0.850. The maximum Gasteiger partial charge on any atom is 0.0962 e. The molecule has 1 rings (SSSR count). The topological polar surface area (TPSA) is 0 Å². The Morgan fingerprint density at radius 2 is 2.27 bits per heavy atom. The lowest BCUT2D eigenvalue weighted by Crippen LogP contribution is -1.95. The molecular weight excluding hydrogens is 139 g/mol. The molecule has 0 saturated heterocycles. The predicted octanol–water partition coefficient (Wildman–Crippen LogP) is 2.88. The zero-order chi connectivity index (χ0) is 8.27. The number of aryl methyl sites for hydroxylation is 1. The number of hydrogen-bond donors (Lipinski definition) is 0. The number of alkyl halides is 1. The summed E-state index contributed by atoms with van der Waals surface area (Å²) in [7, 11) is 0. The van der Waals surface area contributed by atoms with Crippen molar-refractivity contribution in [1.82, 2.24) is 0 Å². The van der Waals surface area contributed by atoms with Gasteiger partial charge < -0.3 is 0 Å². The molecule has 0 amide bonds. The van der Waals surface area contributed by atoms with Crippen molar-refractivity contribution in [3.8, 4) is 0 Å². The van der Waals surface area contributed by atoms with Crippen molar-refractivity contribution in [3.05, 3.63) is 42.3 Å². The van der Waals surface area contributed by atoms with Crippen LogP contribution in [0.4, 0.5) is 4.39 Å². The second-order valence-electron chi connectivity index (χ2n) is 2.77. The Morgan fingerprint density at radius 1 is 1.55 bits per heavy atom. The van der Waals surface area contributed by atoms with Gasteiger partial charge in [0, 0.05) is 5.92 Å². The van der Waals surface area contributed by atoms with Gasteiger partial charge in [-0.05, 0) is 19.4 Å². The van der Waals surface area contributed by atoms with Gasteiger partial charge in [0.05, 0.1) is 6.67 Å². The third-order valence-electron chi connectivity index (χ3n) is 1.70. The molecule has 0 fully saturated rings. The second-order valence-corrected chi connectivity index (χ2v) is 2.77. The summed E-state index contributed by atoms with van der Waals surface area (Å²) in [5.41, 5.74) is 2.14. The van der Waals surface area contributed by atoms with Crippen molar-refractivity contribution in [2.75, 3.05) is 6.67 Å². The molecule has 1 aromatic rings. The maximum absolute atomic E-state index is 12.1. The van der Waals surface area contributed by atoms with Crippen molar-refractivity contribution < 1.29 is 4.39 Å². The van der Waals surface area contributed by atoms with Crippen molar-refractivity contribution in [1.29, 1.82) is 0 Å². The molecule has 0 N–H and O–H groups in total. The second kappa shape index (κ2) is 3.51. The van der Waals surface area contributed by atoms with Gasteiger partial charge in [0.15, 0.2) is 0 Å². The van der Waals surface area contributed by atoms with E-state index in [1.807, 2.05) is 31.2 Å².